The molecule has 1 unspecified atom stereocenters. The van der Waals surface area contributed by atoms with Crippen LogP contribution < -0.4 is 20.1 Å². The molecule has 1 saturated carbocycles. The minimum atomic E-state index is -1.01. The molecule has 1 fully saturated rings. The van der Waals surface area contributed by atoms with E-state index in [2.05, 4.69) is 9.97 Å². The lowest BCUT2D eigenvalue weighted by molar-refractivity contribution is -0.138. The van der Waals surface area contributed by atoms with Crippen molar-refractivity contribution in [1.29, 1.82) is 0 Å². The molecule has 35 heavy (non-hydrogen) atoms. The average molecular weight is 477 g/mol. The van der Waals surface area contributed by atoms with Crippen LogP contribution in [0.4, 0.5) is 5.82 Å². The first-order valence-corrected chi connectivity index (χ1v) is 11.9. The molecule has 8 heteroatoms. The third-order valence-electron chi connectivity index (χ3n) is 6.30. The Hall–Kier alpha value is -3.65. The number of benzene rings is 2. The van der Waals surface area contributed by atoms with Crippen LogP contribution in [0.5, 0.6) is 11.5 Å². The Morgan fingerprint density at radius 2 is 1.80 bits per heavy atom. The van der Waals surface area contributed by atoms with Crippen molar-refractivity contribution < 1.29 is 19.4 Å². The van der Waals surface area contributed by atoms with Gasteiger partial charge in [0.15, 0.2) is 11.5 Å². The molecule has 0 amide bonds. The molecule has 0 bridgehead atoms. The highest BCUT2D eigenvalue weighted by molar-refractivity contribution is 5.73. The van der Waals surface area contributed by atoms with Crippen molar-refractivity contribution in [2.24, 2.45) is 5.73 Å². The van der Waals surface area contributed by atoms with Crippen LogP contribution in [0.25, 0.3) is 11.3 Å². The van der Waals surface area contributed by atoms with Gasteiger partial charge in [-0.1, -0.05) is 30.3 Å². The van der Waals surface area contributed by atoms with E-state index in [1.807, 2.05) is 54.4 Å². The summed E-state index contributed by atoms with van der Waals surface area (Å²) in [7, 11) is 3.64. The van der Waals surface area contributed by atoms with E-state index in [0.29, 0.717) is 6.54 Å². The second-order valence-corrected chi connectivity index (χ2v) is 8.97. The van der Waals surface area contributed by atoms with Gasteiger partial charge in [-0.2, -0.15) is 0 Å². The second kappa shape index (κ2) is 11.2. The molecule has 8 nitrogen and oxygen atoms in total. The lowest BCUT2D eigenvalue weighted by atomic mass is 10.0. The number of nitrogens with zero attached hydrogens (tertiary/aromatic N) is 3. The van der Waals surface area contributed by atoms with E-state index < -0.39 is 12.0 Å². The Bertz CT molecular complexity index is 1130. The van der Waals surface area contributed by atoms with E-state index in [1.54, 1.807) is 19.5 Å². The van der Waals surface area contributed by atoms with Crippen molar-refractivity contribution in [1.82, 2.24) is 9.97 Å². The van der Waals surface area contributed by atoms with Crippen LogP contribution >= 0.6 is 0 Å². The highest BCUT2D eigenvalue weighted by Gasteiger charge is 2.19. The van der Waals surface area contributed by atoms with Crippen molar-refractivity contribution in [2.45, 2.75) is 50.8 Å². The third kappa shape index (κ3) is 6.27. The van der Waals surface area contributed by atoms with Gasteiger partial charge in [0.1, 0.15) is 11.9 Å². The fourth-order valence-electron chi connectivity index (χ4n) is 4.27. The number of aromatic nitrogens is 2. The fourth-order valence-corrected chi connectivity index (χ4v) is 4.27. The molecule has 1 aromatic heterocycles. The Kier molecular flexibility index (Phi) is 7.82. The first-order chi connectivity index (χ1) is 16.9. The van der Waals surface area contributed by atoms with Gasteiger partial charge in [-0.3, -0.25) is 9.78 Å². The van der Waals surface area contributed by atoms with Gasteiger partial charge in [0.05, 0.1) is 31.3 Å². The maximum absolute atomic E-state index is 11.0. The summed E-state index contributed by atoms with van der Waals surface area (Å²) in [4.78, 5) is 22.2. The van der Waals surface area contributed by atoms with Crippen molar-refractivity contribution >= 4 is 11.8 Å². The quantitative estimate of drug-likeness (QED) is 0.451. The number of anilines is 1. The predicted octanol–water partition coefficient (Wildman–Crippen LogP) is 4.06. The molecule has 0 radical (unpaired) electrons. The summed E-state index contributed by atoms with van der Waals surface area (Å²) in [5.74, 6) is 1.29. The van der Waals surface area contributed by atoms with Crippen LogP contribution in [0.2, 0.25) is 0 Å². The Morgan fingerprint density at radius 3 is 2.43 bits per heavy atom. The SMILES string of the molecule is COc1ccc(CN(C)c2cnc(-c3ccc(CC(N)C(=O)O)cc3)cn2)cc1OC1CCCC1. The Balaban J connectivity index is 1.41. The maximum Gasteiger partial charge on any atom is 0.320 e. The van der Waals surface area contributed by atoms with Crippen molar-refractivity contribution in [3.63, 3.8) is 0 Å². The van der Waals surface area contributed by atoms with Gasteiger partial charge in [-0.15, -0.1) is 0 Å². The smallest absolute Gasteiger partial charge is 0.320 e. The molecule has 1 atom stereocenters. The van der Waals surface area contributed by atoms with E-state index in [9.17, 15) is 4.79 Å². The van der Waals surface area contributed by atoms with Crippen LogP contribution in [-0.2, 0) is 17.8 Å². The number of aliphatic carboxylic acids is 1. The first kappa shape index (κ1) is 24.5. The molecule has 0 aliphatic heterocycles. The number of carbonyl (C=O) groups is 1. The van der Waals surface area contributed by atoms with Gasteiger partial charge >= 0.3 is 5.97 Å². The Labute approximate surface area is 205 Å². The van der Waals surface area contributed by atoms with E-state index in [-0.39, 0.29) is 12.5 Å². The molecule has 184 valence electrons. The summed E-state index contributed by atoms with van der Waals surface area (Å²) in [6.07, 6.45) is 8.65. The number of ether oxygens (including phenoxy) is 2. The zero-order valence-corrected chi connectivity index (χ0v) is 20.2. The monoisotopic (exact) mass is 476 g/mol. The van der Waals surface area contributed by atoms with Crippen LogP contribution in [-0.4, -0.2) is 47.3 Å². The van der Waals surface area contributed by atoms with Gasteiger partial charge in [0.2, 0.25) is 0 Å². The number of carboxylic acids is 1. The van der Waals surface area contributed by atoms with E-state index in [0.717, 1.165) is 52.5 Å². The van der Waals surface area contributed by atoms with Gasteiger partial charge < -0.3 is 25.2 Å². The molecule has 1 aliphatic carbocycles. The molecule has 4 rings (SSSR count). The summed E-state index contributed by atoms with van der Waals surface area (Å²) in [5.41, 5.74) is 9.23. The summed E-state index contributed by atoms with van der Waals surface area (Å²) >= 11 is 0. The molecular weight excluding hydrogens is 444 g/mol. The molecule has 3 aromatic rings. The topological polar surface area (TPSA) is 111 Å². The molecular formula is C27H32N4O4. The third-order valence-corrected chi connectivity index (χ3v) is 6.30. The largest absolute Gasteiger partial charge is 0.493 e. The van der Waals surface area contributed by atoms with Crippen molar-refractivity contribution in [3.8, 4) is 22.8 Å². The molecule has 3 N–H and O–H groups in total. The summed E-state index contributed by atoms with van der Waals surface area (Å²) in [5, 5.41) is 8.98. The summed E-state index contributed by atoms with van der Waals surface area (Å²) < 4.78 is 11.7. The normalized spacial score (nSPS) is 14.5. The standard InChI is InChI=1S/C27H32N4O4/c1-31(17-19-9-12-24(34-2)25(14-19)35-21-5-3-4-6-21)26-16-29-23(15-30-26)20-10-7-18(8-11-20)13-22(28)27(32)33/h7-12,14-16,21-22H,3-6,13,17,28H2,1-2H3,(H,32,33). The van der Waals surface area contributed by atoms with Crippen LogP contribution in [0, 0.1) is 0 Å². The number of rotatable bonds is 10. The van der Waals surface area contributed by atoms with Crippen LogP contribution in [0.15, 0.2) is 54.9 Å². The van der Waals surface area contributed by atoms with E-state index >= 15 is 0 Å². The number of hydrogen-bond acceptors (Lipinski definition) is 7. The molecule has 0 saturated heterocycles. The lowest BCUT2D eigenvalue weighted by Gasteiger charge is -2.20. The summed E-state index contributed by atoms with van der Waals surface area (Å²) in [6, 6.07) is 12.7. The highest BCUT2D eigenvalue weighted by Crippen LogP contribution is 2.33. The first-order valence-electron chi connectivity index (χ1n) is 11.9. The minimum Gasteiger partial charge on any atom is -0.493 e. The van der Waals surface area contributed by atoms with Gasteiger partial charge in [-0.25, -0.2) is 4.98 Å². The molecule has 2 aromatic carbocycles. The number of carboxylic acid groups (broad SMARTS) is 1. The number of hydrogen-bond donors (Lipinski definition) is 2. The zero-order chi connectivity index (χ0) is 24.8. The number of nitrogens with two attached hydrogens (primary N) is 1. The van der Waals surface area contributed by atoms with Gasteiger partial charge in [0, 0.05) is 19.2 Å². The molecule has 0 spiro atoms. The molecule has 1 heterocycles. The van der Waals surface area contributed by atoms with Crippen LogP contribution in [0.3, 0.4) is 0 Å². The lowest BCUT2D eigenvalue weighted by Crippen LogP contribution is -2.32. The molecule has 1 aliphatic rings. The summed E-state index contributed by atoms with van der Waals surface area (Å²) in [6.45, 7) is 0.650. The second-order valence-electron chi connectivity index (χ2n) is 8.97. The highest BCUT2D eigenvalue weighted by atomic mass is 16.5. The Morgan fingerprint density at radius 1 is 1.09 bits per heavy atom. The predicted molar refractivity (Wildman–Crippen MR) is 135 cm³/mol. The maximum atomic E-state index is 11.0. The van der Waals surface area contributed by atoms with Gasteiger partial charge in [-0.05, 0) is 55.4 Å². The number of methoxy groups -OCH3 is 1. The van der Waals surface area contributed by atoms with E-state index in [1.165, 1.54) is 12.8 Å². The van der Waals surface area contributed by atoms with Gasteiger partial charge in [0.25, 0.3) is 0 Å². The van der Waals surface area contributed by atoms with Crippen molar-refractivity contribution in [3.05, 3.63) is 66.0 Å². The minimum absolute atomic E-state index is 0.262. The average Bonchev–Trinajstić information content (AvgIpc) is 3.38. The zero-order valence-electron chi connectivity index (χ0n) is 20.2. The van der Waals surface area contributed by atoms with E-state index in [4.69, 9.17) is 20.3 Å². The van der Waals surface area contributed by atoms with Crippen molar-refractivity contribution in [2.75, 3.05) is 19.1 Å². The fraction of sp³-hybridized carbons (Fsp3) is 0.370. The van der Waals surface area contributed by atoms with Crippen LogP contribution in [0.1, 0.15) is 36.8 Å².